The maximum absolute atomic E-state index is 5.72. The number of aromatic nitrogens is 6. The Kier molecular flexibility index (Phi) is 12.2. The van der Waals surface area contributed by atoms with Crippen LogP contribution in [0.1, 0.15) is 6.92 Å². The van der Waals surface area contributed by atoms with Crippen LogP contribution in [0.15, 0.2) is 309 Å². The smallest absolute Gasteiger partial charge is 0.221 e. The second-order valence-electron chi connectivity index (χ2n) is 20.3. The number of hydrogen-bond donors (Lipinski definition) is 0. The van der Waals surface area contributed by atoms with Gasteiger partial charge in [-0.15, -0.1) is 0 Å². The molecule has 4 heterocycles. The van der Waals surface area contributed by atoms with Crippen LogP contribution >= 0.6 is 0 Å². The average molecular weight is 1060 g/mol. The highest BCUT2D eigenvalue weighted by Gasteiger charge is 2.44. The first-order chi connectivity index (χ1) is 39.6. The summed E-state index contributed by atoms with van der Waals surface area (Å²) in [5, 5.41) is 12.6. The van der Waals surface area contributed by atoms with Gasteiger partial charge in [-0.2, -0.15) is 0 Å². The summed E-state index contributed by atoms with van der Waals surface area (Å²) in [5.74, 6) is 2.84. The normalized spacial score (nSPS) is 12.4. The Bertz CT molecular complexity index is 4470. The number of rotatable bonds is 13. The molecule has 6 nitrogen and oxygen atoms in total. The molecule has 0 saturated carbocycles. The number of hydrogen-bond acceptors (Lipinski definition) is 3. The van der Waals surface area contributed by atoms with Gasteiger partial charge in [-0.1, -0.05) is 261 Å². The highest BCUT2D eigenvalue weighted by Crippen LogP contribution is 2.35. The molecule has 14 rings (SSSR count). The molecular formula is C72H54N6Si2. The van der Waals surface area contributed by atoms with Crippen molar-refractivity contribution < 1.29 is 0 Å². The zero-order chi connectivity index (χ0) is 53.6. The van der Waals surface area contributed by atoms with E-state index in [4.69, 9.17) is 15.0 Å². The van der Waals surface area contributed by atoms with E-state index in [1.165, 1.54) is 41.5 Å². The van der Waals surface area contributed by atoms with E-state index in [0.717, 1.165) is 61.0 Å². The molecule has 0 aliphatic rings. The van der Waals surface area contributed by atoms with Crippen LogP contribution in [-0.2, 0) is 0 Å². The molecule has 0 bridgehead atoms. The topological polar surface area (TPSA) is 52.9 Å². The van der Waals surface area contributed by atoms with Gasteiger partial charge < -0.3 is 0 Å². The third-order valence-electron chi connectivity index (χ3n) is 16.1. The Morgan fingerprint density at radius 3 is 1.39 bits per heavy atom. The van der Waals surface area contributed by atoms with Crippen molar-refractivity contribution >= 4 is 102 Å². The lowest BCUT2D eigenvalue weighted by molar-refractivity contribution is 0.980. The van der Waals surface area contributed by atoms with Crippen molar-refractivity contribution in [1.29, 1.82) is 0 Å². The van der Waals surface area contributed by atoms with E-state index in [0.29, 0.717) is 11.6 Å². The van der Waals surface area contributed by atoms with Gasteiger partial charge in [0.25, 0.3) is 0 Å². The van der Waals surface area contributed by atoms with E-state index in [1.807, 2.05) is 12.1 Å². The summed E-state index contributed by atoms with van der Waals surface area (Å²) in [6.45, 7) is 6.29. The Balaban J connectivity index is 1.13. The number of allylic oxidation sites excluding steroid dienone is 5. The fourth-order valence-electron chi connectivity index (χ4n) is 12.7. The minimum atomic E-state index is -3.03. The number of benzene rings is 10. The fourth-order valence-corrected chi connectivity index (χ4v) is 22.3. The molecule has 0 unspecified atom stereocenters. The minimum Gasteiger partial charge on any atom is -0.294 e. The van der Waals surface area contributed by atoms with Gasteiger partial charge >= 0.3 is 0 Å². The summed E-state index contributed by atoms with van der Waals surface area (Å²) in [5.41, 5.74) is 6.96. The average Bonchev–Trinajstić information content (AvgIpc) is 3.83. The van der Waals surface area contributed by atoms with Crippen LogP contribution in [0.5, 0.6) is 0 Å². The van der Waals surface area contributed by atoms with Crippen LogP contribution < -0.4 is 36.3 Å². The third kappa shape index (κ3) is 7.63. The second-order valence-corrected chi connectivity index (χ2v) is 27.9. The first-order valence-corrected chi connectivity index (χ1v) is 31.3. The van der Waals surface area contributed by atoms with Gasteiger partial charge in [-0.25, -0.2) is 15.0 Å². The van der Waals surface area contributed by atoms with E-state index >= 15 is 0 Å². The maximum Gasteiger partial charge on any atom is 0.221 e. The van der Waals surface area contributed by atoms with Gasteiger partial charge in [0.15, 0.2) is 22.0 Å². The van der Waals surface area contributed by atoms with Crippen molar-refractivity contribution in [3.63, 3.8) is 0 Å². The summed E-state index contributed by atoms with van der Waals surface area (Å²) in [7, 11) is -6.05. The Labute approximate surface area is 466 Å². The van der Waals surface area contributed by atoms with Crippen molar-refractivity contribution in [2.75, 3.05) is 0 Å². The maximum atomic E-state index is 5.72. The van der Waals surface area contributed by atoms with E-state index in [2.05, 4.69) is 312 Å². The predicted molar refractivity (Wildman–Crippen MR) is 339 cm³/mol. The molecule has 0 amide bonds. The molecule has 0 N–H and O–H groups in total. The largest absolute Gasteiger partial charge is 0.294 e. The molecule has 0 spiro atoms. The SMILES string of the molecule is C=C/C=C\C(=C/C)[Si](c1ccccc1)(c1ccccc1)c1ccc2nc3n(-c4cc(-n5c6ccccc6c6ccccc65)nc(-c5ccccc5)n4)c4ccc([Si](c5ccccc5)(c5ccccc5)c5ccccc5)cc4n3c2c1. The van der Waals surface area contributed by atoms with Crippen LogP contribution in [0, 0.1) is 0 Å². The molecule has 0 aliphatic carbocycles. The van der Waals surface area contributed by atoms with Crippen molar-refractivity contribution in [3.05, 3.63) is 309 Å². The summed E-state index contributed by atoms with van der Waals surface area (Å²) in [4.78, 5) is 16.7. The Morgan fingerprint density at radius 2 is 0.863 bits per heavy atom. The monoisotopic (exact) mass is 1060 g/mol. The van der Waals surface area contributed by atoms with Crippen LogP contribution in [0.2, 0.25) is 0 Å². The Morgan fingerprint density at radius 1 is 0.400 bits per heavy atom. The van der Waals surface area contributed by atoms with Crippen LogP contribution in [-0.4, -0.2) is 44.6 Å². The minimum absolute atomic E-state index is 0.617. The molecule has 0 saturated heterocycles. The highest BCUT2D eigenvalue weighted by molar-refractivity contribution is 7.20. The van der Waals surface area contributed by atoms with E-state index in [-0.39, 0.29) is 0 Å². The second kappa shape index (κ2) is 20.1. The van der Waals surface area contributed by atoms with Crippen molar-refractivity contribution in [3.8, 4) is 23.0 Å². The van der Waals surface area contributed by atoms with Crippen LogP contribution in [0.3, 0.4) is 0 Å². The summed E-state index contributed by atoms with van der Waals surface area (Å²) < 4.78 is 6.96. The number of nitrogens with zero attached hydrogens (tertiary/aromatic N) is 6. The van der Waals surface area contributed by atoms with Crippen molar-refractivity contribution in [1.82, 2.24) is 28.5 Å². The van der Waals surface area contributed by atoms with Gasteiger partial charge in [0.2, 0.25) is 5.78 Å². The zero-order valence-electron chi connectivity index (χ0n) is 44.2. The lowest BCUT2D eigenvalue weighted by atomic mass is 10.2. The molecule has 10 aromatic carbocycles. The lowest BCUT2D eigenvalue weighted by Gasteiger charge is -2.35. The van der Waals surface area contributed by atoms with Crippen LogP contribution in [0.25, 0.3) is 72.7 Å². The number of imidazole rings is 2. The van der Waals surface area contributed by atoms with Crippen LogP contribution in [0.4, 0.5) is 0 Å². The lowest BCUT2D eigenvalue weighted by Crippen LogP contribution is -2.74. The van der Waals surface area contributed by atoms with Gasteiger partial charge in [0.05, 0.1) is 33.1 Å². The first kappa shape index (κ1) is 48.4. The van der Waals surface area contributed by atoms with E-state index in [1.54, 1.807) is 0 Å². The Hall–Kier alpha value is -10.00. The molecule has 8 heteroatoms. The molecule has 80 heavy (non-hydrogen) atoms. The van der Waals surface area contributed by atoms with Gasteiger partial charge in [0.1, 0.15) is 11.6 Å². The van der Waals surface area contributed by atoms with Crippen molar-refractivity contribution in [2.24, 2.45) is 0 Å². The first-order valence-electron chi connectivity index (χ1n) is 27.3. The van der Waals surface area contributed by atoms with Crippen molar-refractivity contribution in [2.45, 2.75) is 6.92 Å². The summed E-state index contributed by atoms with van der Waals surface area (Å²) >= 11 is 0. The molecule has 0 aliphatic heterocycles. The standard InChI is InChI=1S/C72H54N6Si2/c1-3-5-30-53(4-2)79(54-31-14-7-15-32-54,55-33-16-8-17-34-55)59-45-47-63-67(49-59)77-68-50-60(80(56-35-18-9-19-36-56,57-37-20-10-21-38-57)58-39-22-11-23-40-58)46-48-66(68)78(72(77)73-63)70-51-69(74-71(75-70)52-28-12-6-13-29-52)76-64-43-26-24-41-61(64)62-42-25-27-44-65(62)76/h3-51H,1H2,2H3/b30-5-,53-4+. The molecule has 0 radical (unpaired) electrons. The molecular weight excluding hydrogens is 1010 g/mol. The molecule has 0 fully saturated rings. The third-order valence-corrected chi connectivity index (χ3v) is 25.8. The number of fused-ring (bicyclic) bond motifs is 8. The van der Waals surface area contributed by atoms with E-state index < -0.39 is 16.1 Å². The molecule has 4 aromatic heterocycles. The zero-order valence-corrected chi connectivity index (χ0v) is 46.2. The van der Waals surface area contributed by atoms with Gasteiger partial charge in [0, 0.05) is 22.4 Å². The summed E-state index contributed by atoms with van der Waals surface area (Å²) in [6.07, 6.45) is 8.52. The quantitative estimate of drug-likeness (QED) is 0.0657. The highest BCUT2D eigenvalue weighted by atomic mass is 28.3. The van der Waals surface area contributed by atoms with Gasteiger partial charge in [-0.3, -0.25) is 13.5 Å². The van der Waals surface area contributed by atoms with Gasteiger partial charge in [-0.05, 0) is 84.8 Å². The molecule has 380 valence electrons. The molecule has 14 aromatic rings. The molecule has 0 atom stereocenters. The summed E-state index contributed by atoms with van der Waals surface area (Å²) in [6, 6.07) is 99.6. The fraction of sp³-hybridized carbons (Fsp3) is 0.0139. The predicted octanol–water partition coefficient (Wildman–Crippen LogP) is 12.1. The van der Waals surface area contributed by atoms with E-state index in [9.17, 15) is 0 Å². The number of para-hydroxylation sites is 2.